The van der Waals surface area contributed by atoms with Gasteiger partial charge in [-0.3, -0.25) is 9.59 Å². The summed E-state index contributed by atoms with van der Waals surface area (Å²) in [6.07, 6.45) is 1.19. The fourth-order valence-electron chi connectivity index (χ4n) is 3.00. The number of hydrogen-bond acceptors (Lipinski definition) is 6. The second-order valence-electron chi connectivity index (χ2n) is 7.33. The molecule has 0 unspecified atom stereocenters. The zero-order valence-corrected chi connectivity index (χ0v) is 17.6. The van der Waals surface area contributed by atoms with Crippen molar-refractivity contribution in [3.05, 3.63) is 23.4 Å². The molecular formula is C21H29N3O5. The van der Waals surface area contributed by atoms with Crippen LogP contribution in [0.3, 0.4) is 0 Å². The first-order valence-corrected chi connectivity index (χ1v) is 9.56. The number of aliphatic hydroxyl groups excluding tert-OH is 1. The smallest absolute Gasteiger partial charge is 0.259 e. The van der Waals surface area contributed by atoms with Crippen molar-refractivity contribution in [3.63, 3.8) is 0 Å². The molecule has 1 aromatic heterocycles. The molecule has 0 radical (unpaired) electrons. The first kappa shape index (κ1) is 22.7. The van der Waals surface area contributed by atoms with Crippen LogP contribution >= 0.6 is 0 Å². The molecule has 158 valence electrons. The van der Waals surface area contributed by atoms with Gasteiger partial charge < -0.3 is 24.4 Å². The number of ether oxygens (including phenoxy) is 2. The number of likely N-dealkylation sites (N-methyl/N-ethyl adjacent to an activating group) is 1. The number of nitrogens with zero attached hydrogens (tertiary/aromatic N) is 3. The van der Waals surface area contributed by atoms with Gasteiger partial charge in [-0.1, -0.05) is 18.8 Å². The Hall–Kier alpha value is -2.63. The van der Waals surface area contributed by atoms with Crippen LogP contribution in [0.4, 0.5) is 0 Å². The van der Waals surface area contributed by atoms with Crippen molar-refractivity contribution in [2.75, 3.05) is 40.5 Å². The predicted octanol–water partition coefficient (Wildman–Crippen LogP) is 0.778. The standard InChI is InChI=1S/C21H29N3O5/c1-14-11-24(15(2)13-25)21(27)18-9-17(7-6-8-28-5)10-22-20(18)29-19(14)12-23(4)16(3)26/h9-10,14-15,19,25H,8,11-13H2,1-5H3/t14-,15+,19+/m0/s1. The minimum Gasteiger partial charge on any atom is -0.472 e. The number of aromatic nitrogens is 1. The van der Waals surface area contributed by atoms with Gasteiger partial charge in [0.05, 0.1) is 19.2 Å². The Morgan fingerprint density at radius 3 is 2.90 bits per heavy atom. The fraction of sp³-hybridized carbons (Fsp3) is 0.571. The van der Waals surface area contributed by atoms with E-state index in [9.17, 15) is 14.7 Å². The number of rotatable bonds is 5. The molecule has 8 nitrogen and oxygen atoms in total. The second kappa shape index (κ2) is 10.2. The van der Waals surface area contributed by atoms with Crippen molar-refractivity contribution in [1.82, 2.24) is 14.8 Å². The van der Waals surface area contributed by atoms with Gasteiger partial charge in [0.25, 0.3) is 5.91 Å². The Labute approximate surface area is 171 Å². The first-order chi connectivity index (χ1) is 13.8. The van der Waals surface area contributed by atoms with Gasteiger partial charge in [-0.15, -0.1) is 0 Å². The van der Waals surface area contributed by atoms with E-state index in [1.165, 1.54) is 6.92 Å². The third-order valence-electron chi connectivity index (χ3n) is 4.96. The molecule has 3 atom stereocenters. The number of fused-ring (bicyclic) bond motifs is 1. The van der Waals surface area contributed by atoms with Crippen LogP contribution in [0.25, 0.3) is 0 Å². The van der Waals surface area contributed by atoms with Crippen LogP contribution in [0.2, 0.25) is 0 Å². The van der Waals surface area contributed by atoms with Gasteiger partial charge in [0, 0.05) is 45.3 Å². The molecule has 0 saturated carbocycles. The van der Waals surface area contributed by atoms with Crippen molar-refractivity contribution in [3.8, 4) is 17.7 Å². The zero-order valence-electron chi connectivity index (χ0n) is 17.6. The maximum atomic E-state index is 13.2. The third kappa shape index (κ3) is 5.68. The van der Waals surface area contributed by atoms with Crippen molar-refractivity contribution in [1.29, 1.82) is 0 Å². The van der Waals surface area contributed by atoms with Gasteiger partial charge in [-0.25, -0.2) is 4.98 Å². The minimum atomic E-state index is -0.370. The van der Waals surface area contributed by atoms with Crippen molar-refractivity contribution in [2.24, 2.45) is 5.92 Å². The third-order valence-corrected chi connectivity index (χ3v) is 4.96. The molecule has 29 heavy (non-hydrogen) atoms. The average molecular weight is 403 g/mol. The minimum absolute atomic E-state index is 0.0727. The van der Waals surface area contributed by atoms with E-state index in [0.717, 1.165) is 0 Å². The number of pyridine rings is 1. The Kier molecular flexibility index (Phi) is 8.00. The van der Waals surface area contributed by atoms with Gasteiger partial charge in [0.1, 0.15) is 18.3 Å². The van der Waals surface area contributed by atoms with Crippen LogP contribution in [0.5, 0.6) is 5.88 Å². The molecule has 0 saturated heterocycles. The number of methoxy groups -OCH3 is 1. The van der Waals surface area contributed by atoms with Gasteiger partial charge in [0.2, 0.25) is 11.8 Å². The summed E-state index contributed by atoms with van der Waals surface area (Å²) in [4.78, 5) is 32.4. The van der Waals surface area contributed by atoms with Crippen LogP contribution in [-0.2, 0) is 9.53 Å². The summed E-state index contributed by atoms with van der Waals surface area (Å²) >= 11 is 0. The van der Waals surface area contributed by atoms with E-state index in [4.69, 9.17) is 9.47 Å². The van der Waals surface area contributed by atoms with E-state index in [1.807, 2.05) is 6.92 Å². The number of aliphatic hydroxyl groups is 1. The lowest BCUT2D eigenvalue weighted by Crippen LogP contribution is -2.50. The summed E-state index contributed by atoms with van der Waals surface area (Å²) in [5.74, 6) is 5.53. The molecule has 1 aliphatic rings. The first-order valence-electron chi connectivity index (χ1n) is 9.56. The van der Waals surface area contributed by atoms with Gasteiger partial charge in [-0.2, -0.15) is 0 Å². The number of carbonyl (C=O) groups excluding carboxylic acids is 2. The molecule has 0 aromatic carbocycles. The topological polar surface area (TPSA) is 92.2 Å². The zero-order chi connectivity index (χ0) is 21.6. The largest absolute Gasteiger partial charge is 0.472 e. The van der Waals surface area contributed by atoms with E-state index in [-0.39, 0.29) is 54.5 Å². The molecule has 0 aliphatic carbocycles. The van der Waals surface area contributed by atoms with E-state index >= 15 is 0 Å². The molecule has 1 aliphatic heterocycles. The molecule has 0 bridgehead atoms. The van der Waals surface area contributed by atoms with Gasteiger partial charge in [0.15, 0.2) is 0 Å². The van der Waals surface area contributed by atoms with Crippen molar-refractivity contribution in [2.45, 2.75) is 32.9 Å². The summed E-state index contributed by atoms with van der Waals surface area (Å²) in [5, 5.41) is 9.65. The quantitative estimate of drug-likeness (QED) is 0.731. The lowest BCUT2D eigenvalue weighted by molar-refractivity contribution is -0.129. The Balaban J connectivity index is 2.46. The highest BCUT2D eigenvalue weighted by Gasteiger charge is 2.34. The van der Waals surface area contributed by atoms with Crippen LogP contribution in [0.1, 0.15) is 36.7 Å². The molecular weight excluding hydrogens is 374 g/mol. The van der Waals surface area contributed by atoms with Gasteiger partial charge >= 0.3 is 0 Å². The van der Waals surface area contributed by atoms with E-state index in [2.05, 4.69) is 16.8 Å². The molecule has 0 spiro atoms. The van der Waals surface area contributed by atoms with Gasteiger partial charge in [-0.05, 0) is 13.0 Å². The monoisotopic (exact) mass is 403 g/mol. The summed E-state index contributed by atoms with van der Waals surface area (Å²) in [6, 6.07) is 1.27. The van der Waals surface area contributed by atoms with E-state index < -0.39 is 0 Å². The van der Waals surface area contributed by atoms with E-state index in [1.54, 1.807) is 43.1 Å². The molecule has 8 heteroatoms. The normalized spacial score (nSPS) is 19.8. The highest BCUT2D eigenvalue weighted by molar-refractivity contribution is 5.97. The summed E-state index contributed by atoms with van der Waals surface area (Å²) in [6.45, 7) is 6.10. The van der Waals surface area contributed by atoms with Crippen LogP contribution in [0.15, 0.2) is 12.3 Å². The Morgan fingerprint density at radius 2 is 2.28 bits per heavy atom. The maximum absolute atomic E-state index is 13.2. The molecule has 1 aromatic rings. The molecule has 0 fully saturated rings. The second-order valence-corrected chi connectivity index (χ2v) is 7.33. The lowest BCUT2D eigenvalue weighted by Gasteiger charge is -2.37. The Morgan fingerprint density at radius 1 is 1.55 bits per heavy atom. The summed E-state index contributed by atoms with van der Waals surface area (Å²) in [5.41, 5.74) is 0.859. The molecule has 1 N–H and O–H groups in total. The number of carbonyl (C=O) groups is 2. The maximum Gasteiger partial charge on any atom is 0.259 e. The highest BCUT2D eigenvalue weighted by atomic mass is 16.5. The van der Waals surface area contributed by atoms with E-state index in [0.29, 0.717) is 18.7 Å². The lowest BCUT2D eigenvalue weighted by atomic mass is 10.00. The predicted molar refractivity (Wildman–Crippen MR) is 107 cm³/mol. The van der Waals surface area contributed by atoms with Crippen LogP contribution < -0.4 is 4.74 Å². The average Bonchev–Trinajstić information content (AvgIpc) is 2.70. The van der Waals surface area contributed by atoms with Crippen molar-refractivity contribution >= 4 is 11.8 Å². The number of amides is 2. The van der Waals surface area contributed by atoms with Crippen LogP contribution in [-0.4, -0.2) is 84.3 Å². The molecule has 2 amide bonds. The number of hydrogen-bond donors (Lipinski definition) is 1. The molecule has 2 heterocycles. The highest BCUT2D eigenvalue weighted by Crippen LogP contribution is 2.27. The van der Waals surface area contributed by atoms with Crippen LogP contribution in [0, 0.1) is 17.8 Å². The SMILES string of the molecule is COCC#Cc1cnc2c(c1)C(=O)N([C@H](C)CO)C[C@H](C)[C@@H](CN(C)C(C)=O)O2. The van der Waals surface area contributed by atoms with Crippen molar-refractivity contribution < 1.29 is 24.2 Å². The fourth-order valence-corrected chi connectivity index (χ4v) is 3.00. The summed E-state index contributed by atoms with van der Waals surface area (Å²) in [7, 11) is 3.26. The molecule has 2 rings (SSSR count). The Bertz CT molecular complexity index is 801. The summed E-state index contributed by atoms with van der Waals surface area (Å²) < 4.78 is 11.0.